The molecule has 0 N–H and O–H groups in total. The molecule has 0 aliphatic heterocycles. The molecule has 0 bridgehead atoms. The van der Waals surface area contributed by atoms with E-state index in [1.165, 1.54) is 6.39 Å². The second kappa shape index (κ2) is 5.45. The molecule has 0 atom stereocenters. The Morgan fingerprint density at radius 1 is 0.783 bits per heavy atom. The van der Waals surface area contributed by atoms with Crippen molar-refractivity contribution >= 4 is 0 Å². The van der Waals surface area contributed by atoms with Crippen molar-refractivity contribution in [2.45, 2.75) is 6.92 Å². The summed E-state index contributed by atoms with van der Waals surface area (Å²) >= 11 is 0. The average molecular weight is 305 g/mol. The molecule has 0 saturated heterocycles. The van der Waals surface area contributed by atoms with Gasteiger partial charge in [-0.3, -0.25) is 4.98 Å². The topological polar surface area (TPSA) is 90.7 Å². The molecule has 4 aromatic rings. The van der Waals surface area contributed by atoms with Gasteiger partial charge in [0.25, 0.3) is 0 Å². The van der Waals surface area contributed by atoms with Gasteiger partial charge < -0.3 is 8.83 Å². The summed E-state index contributed by atoms with van der Waals surface area (Å²) in [5.74, 6) is 1.49. The van der Waals surface area contributed by atoms with E-state index in [0.717, 1.165) is 22.3 Å². The lowest BCUT2D eigenvalue weighted by Gasteiger charge is -2.03. The predicted octanol–water partition coefficient (Wildman–Crippen LogP) is 3.16. The molecule has 0 aliphatic carbocycles. The third kappa shape index (κ3) is 2.59. The average Bonchev–Trinajstić information content (AvgIpc) is 3.27. The molecule has 0 fully saturated rings. The Bertz CT molecular complexity index is 929. The van der Waals surface area contributed by atoms with Crippen molar-refractivity contribution in [1.29, 1.82) is 0 Å². The van der Waals surface area contributed by atoms with Gasteiger partial charge in [0.1, 0.15) is 0 Å². The molecule has 3 heterocycles. The van der Waals surface area contributed by atoms with Crippen LogP contribution in [0.25, 0.3) is 34.0 Å². The molecule has 0 saturated carbocycles. The number of hydrogen-bond donors (Lipinski definition) is 0. The zero-order chi connectivity index (χ0) is 15.6. The maximum absolute atomic E-state index is 5.42. The summed E-state index contributed by atoms with van der Waals surface area (Å²) in [5.41, 5.74) is 3.61. The van der Waals surface area contributed by atoms with Crippen LogP contribution in [-0.2, 0) is 0 Å². The first-order valence-corrected chi connectivity index (χ1v) is 6.92. The lowest BCUT2D eigenvalue weighted by molar-refractivity contribution is 0.533. The first kappa shape index (κ1) is 13.3. The number of aromatic nitrogens is 5. The highest BCUT2D eigenvalue weighted by molar-refractivity contribution is 5.70. The van der Waals surface area contributed by atoms with E-state index in [4.69, 9.17) is 8.83 Å². The largest absolute Gasteiger partial charge is 0.423 e. The molecule has 0 amide bonds. The van der Waals surface area contributed by atoms with E-state index in [-0.39, 0.29) is 0 Å². The van der Waals surface area contributed by atoms with E-state index >= 15 is 0 Å². The Labute approximate surface area is 131 Å². The maximum Gasteiger partial charge on any atom is 0.249 e. The van der Waals surface area contributed by atoms with Crippen molar-refractivity contribution in [3.8, 4) is 34.0 Å². The minimum atomic E-state index is 0.442. The van der Waals surface area contributed by atoms with Gasteiger partial charge in [-0.2, -0.15) is 0 Å². The summed E-state index contributed by atoms with van der Waals surface area (Å²) in [6.45, 7) is 1.76. The monoisotopic (exact) mass is 305 g/mol. The molecule has 4 rings (SSSR count). The number of nitrogens with zero attached hydrogens (tertiary/aromatic N) is 5. The zero-order valence-electron chi connectivity index (χ0n) is 12.2. The van der Waals surface area contributed by atoms with Crippen molar-refractivity contribution < 1.29 is 8.83 Å². The molecule has 1 aromatic carbocycles. The molecular formula is C16H11N5O2. The fourth-order valence-electron chi connectivity index (χ4n) is 2.23. The number of aryl methyl sites for hydroxylation is 1. The molecule has 7 heteroatoms. The fraction of sp³-hybridized carbons (Fsp3) is 0.0625. The number of hydrogen-bond acceptors (Lipinski definition) is 7. The van der Waals surface area contributed by atoms with E-state index in [9.17, 15) is 0 Å². The smallest absolute Gasteiger partial charge is 0.249 e. The first-order chi connectivity index (χ1) is 11.3. The SMILES string of the molecule is Cc1nnc(-c2ccc(-c3cncc(-c4nnco4)c3)cc2)o1. The second-order valence-electron chi connectivity index (χ2n) is 4.91. The summed E-state index contributed by atoms with van der Waals surface area (Å²) in [7, 11) is 0. The van der Waals surface area contributed by atoms with Crippen LogP contribution in [0.3, 0.4) is 0 Å². The maximum atomic E-state index is 5.42. The molecule has 0 unspecified atom stereocenters. The van der Waals surface area contributed by atoms with Crippen LogP contribution in [0.2, 0.25) is 0 Å². The van der Waals surface area contributed by atoms with Gasteiger partial charge in [-0.1, -0.05) is 12.1 Å². The van der Waals surface area contributed by atoms with Gasteiger partial charge in [-0.25, -0.2) is 0 Å². The van der Waals surface area contributed by atoms with E-state index in [1.54, 1.807) is 19.3 Å². The Balaban J connectivity index is 1.67. The summed E-state index contributed by atoms with van der Waals surface area (Å²) in [4.78, 5) is 4.23. The van der Waals surface area contributed by atoms with Gasteiger partial charge >= 0.3 is 0 Å². The predicted molar refractivity (Wildman–Crippen MR) is 81.0 cm³/mol. The van der Waals surface area contributed by atoms with Crippen LogP contribution in [0.1, 0.15) is 5.89 Å². The third-order valence-electron chi connectivity index (χ3n) is 3.34. The van der Waals surface area contributed by atoms with Crippen LogP contribution in [0.4, 0.5) is 0 Å². The molecule has 112 valence electrons. The third-order valence-corrected chi connectivity index (χ3v) is 3.34. The standard InChI is InChI=1S/C16H11N5O2/c1-10-19-21-16(23-10)12-4-2-11(3-5-12)13-6-14(8-17-7-13)15-20-18-9-22-15/h2-9H,1H3. The van der Waals surface area contributed by atoms with Gasteiger partial charge in [0.2, 0.25) is 24.1 Å². The number of benzene rings is 1. The molecule has 23 heavy (non-hydrogen) atoms. The Kier molecular flexibility index (Phi) is 3.16. The summed E-state index contributed by atoms with van der Waals surface area (Å²) in [6, 6.07) is 9.77. The van der Waals surface area contributed by atoms with Crippen LogP contribution in [-0.4, -0.2) is 25.4 Å². The molecule has 0 aliphatic rings. The Morgan fingerprint density at radius 2 is 1.57 bits per heavy atom. The quantitative estimate of drug-likeness (QED) is 0.574. The fourth-order valence-corrected chi connectivity index (χ4v) is 2.23. The van der Waals surface area contributed by atoms with Gasteiger partial charge in [-0.15, -0.1) is 20.4 Å². The van der Waals surface area contributed by atoms with E-state index in [2.05, 4.69) is 25.4 Å². The van der Waals surface area contributed by atoms with Crippen LogP contribution in [0.5, 0.6) is 0 Å². The number of pyridine rings is 1. The lowest BCUT2D eigenvalue weighted by atomic mass is 10.0. The van der Waals surface area contributed by atoms with Crippen molar-refractivity contribution in [2.75, 3.05) is 0 Å². The van der Waals surface area contributed by atoms with Crippen LogP contribution < -0.4 is 0 Å². The van der Waals surface area contributed by atoms with Crippen LogP contribution in [0, 0.1) is 6.92 Å². The Morgan fingerprint density at radius 3 is 2.26 bits per heavy atom. The van der Waals surface area contributed by atoms with E-state index < -0.39 is 0 Å². The summed E-state index contributed by atoms with van der Waals surface area (Å²) < 4.78 is 10.6. The lowest BCUT2D eigenvalue weighted by Crippen LogP contribution is -1.85. The molecule has 0 spiro atoms. The normalized spacial score (nSPS) is 10.8. The van der Waals surface area contributed by atoms with Crippen molar-refractivity contribution in [3.05, 3.63) is 55.0 Å². The van der Waals surface area contributed by atoms with E-state index in [0.29, 0.717) is 17.7 Å². The highest BCUT2D eigenvalue weighted by Crippen LogP contribution is 2.26. The van der Waals surface area contributed by atoms with Crippen molar-refractivity contribution in [1.82, 2.24) is 25.4 Å². The van der Waals surface area contributed by atoms with Gasteiger partial charge in [0, 0.05) is 30.4 Å². The molecular weight excluding hydrogens is 294 g/mol. The van der Waals surface area contributed by atoms with Crippen molar-refractivity contribution in [3.63, 3.8) is 0 Å². The van der Waals surface area contributed by atoms with Gasteiger partial charge in [-0.05, 0) is 23.8 Å². The molecule has 7 nitrogen and oxygen atoms in total. The minimum absolute atomic E-state index is 0.442. The summed E-state index contributed by atoms with van der Waals surface area (Å²) in [6.07, 6.45) is 4.77. The zero-order valence-corrected chi connectivity index (χ0v) is 12.2. The summed E-state index contributed by atoms with van der Waals surface area (Å²) in [5, 5.41) is 15.4. The highest BCUT2D eigenvalue weighted by Gasteiger charge is 2.08. The van der Waals surface area contributed by atoms with Gasteiger partial charge in [0.15, 0.2) is 0 Å². The Hall–Kier alpha value is -3.35. The number of rotatable bonds is 3. The van der Waals surface area contributed by atoms with Gasteiger partial charge in [0.05, 0.1) is 5.56 Å². The van der Waals surface area contributed by atoms with Crippen LogP contribution >= 0.6 is 0 Å². The second-order valence-corrected chi connectivity index (χ2v) is 4.91. The first-order valence-electron chi connectivity index (χ1n) is 6.92. The molecule has 0 radical (unpaired) electrons. The van der Waals surface area contributed by atoms with Crippen LogP contribution in [0.15, 0.2) is 58.0 Å². The minimum Gasteiger partial charge on any atom is -0.423 e. The van der Waals surface area contributed by atoms with E-state index in [1.807, 2.05) is 30.3 Å². The van der Waals surface area contributed by atoms with Crippen molar-refractivity contribution in [2.24, 2.45) is 0 Å². The highest BCUT2D eigenvalue weighted by atomic mass is 16.4. The molecule has 3 aromatic heterocycles.